The van der Waals surface area contributed by atoms with E-state index in [1.165, 1.54) is 32.1 Å². The van der Waals surface area contributed by atoms with Gasteiger partial charge in [-0.25, -0.2) is 0 Å². The third-order valence-corrected chi connectivity index (χ3v) is 7.43. The van der Waals surface area contributed by atoms with Crippen molar-refractivity contribution < 1.29 is 4.79 Å². The third-order valence-electron chi connectivity index (χ3n) is 7.43. The highest BCUT2D eigenvalue weighted by Gasteiger charge is 2.52. The van der Waals surface area contributed by atoms with Crippen molar-refractivity contribution in [1.29, 1.82) is 5.26 Å². The van der Waals surface area contributed by atoms with Crippen molar-refractivity contribution in [1.82, 2.24) is 4.90 Å². The van der Waals surface area contributed by atoms with E-state index < -0.39 is 0 Å². The first-order valence-corrected chi connectivity index (χ1v) is 10.0. The van der Waals surface area contributed by atoms with Gasteiger partial charge in [0.2, 0.25) is 5.91 Å². The Balaban J connectivity index is 1.31. The Morgan fingerprint density at radius 1 is 1.08 bits per heavy atom. The van der Waals surface area contributed by atoms with Gasteiger partial charge in [0.25, 0.3) is 0 Å². The average Bonchev–Trinajstić information content (AvgIpc) is 2.95. The van der Waals surface area contributed by atoms with Crippen LogP contribution >= 0.6 is 0 Å². The molecule has 5 fully saturated rings. The van der Waals surface area contributed by atoms with Crippen molar-refractivity contribution in [2.45, 2.75) is 51.0 Å². The maximum Gasteiger partial charge on any atom is 0.226 e. The lowest BCUT2D eigenvalue weighted by molar-refractivity contribution is -0.141. The first-order valence-electron chi connectivity index (χ1n) is 10.0. The molecular weight excluding hydrogens is 308 g/mol. The molecule has 25 heavy (non-hydrogen) atoms. The van der Waals surface area contributed by atoms with Gasteiger partial charge in [-0.1, -0.05) is 12.1 Å². The lowest BCUT2D eigenvalue weighted by Gasteiger charge is -2.56. The predicted octanol–water partition coefficient (Wildman–Crippen LogP) is 3.77. The molecule has 130 valence electrons. The monoisotopic (exact) mass is 334 g/mol. The maximum absolute atomic E-state index is 13.1. The summed E-state index contributed by atoms with van der Waals surface area (Å²) >= 11 is 0. The summed E-state index contributed by atoms with van der Waals surface area (Å²) in [4.78, 5) is 15.4. The van der Waals surface area contributed by atoms with Crippen molar-refractivity contribution in [3.8, 4) is 6.07 Å². The van der Waals surface area contributed by atoms with Crippen LogP contribution in [-0.2, 0) is 11.2 Å². The summed E-state index contributed by atoms with van der Waals surface area (Å²) in [6.45, 7) is 0.953. The van der Waals surface area contributed by atoms with Gasteiger partial charge in [-0.3, -0.25) is 4.79 Å². The van der Waals surface area contributed by atoms with Gasteiger partial charge in [-0.15, -0.1) is 0 Å². The summed E-state index contributed by atoms with van der Waals surface area (Å²) in [5.74, 6) is 3.98. The molecule has 3 nitrogen and oxygen atoms in total. The molecule has 1 aromatic rings. The van der Waals surface area contributed by atoms with E-state index in [0.29, 0.717) is 17.5 Å². The summed E-state index contributed by atoms with van der Waals surface area (Å²) in [7, 11) is 0. The lowest BCUT2D eigenvalue weighted by atomic mass is 9.54. The van der Waals surface area contributed by atoms with Crippen molar-refractivity contribution in [2.75, 3.05) is 6.54 Å². The van der Waals surface area contributed by atoms with Crippen LogP contribution in [0, 0.1) is 40.9 Å². The Hall–Kier alpha value is -1.82. The molecule has 1 atom stereocenters. The smallest absolute Gasteiger partial charge is 0.226 e. The van der Waals surface area contributed by atoms with Gasteiger partial charge in [-0.05, 0) is 86.3 Å². The molecule has 1 saturated heterocycles. The normalized spacial score (nSPS) is 39.0. The van der Waals surface area contributed by atoms with Gasteiger partial charge in [0.15, 0.2) is 0 Å². The third kappa shape index (κ3) is 2.58. The highest BCUT2D eigenvalue weighted by molar-refractivity contribution is 5.81. The molecule has 1 amide bonds. The second-order valence-electron chi connectivity index (χ2n) is 8.95. The molecule has 1 aliphatic heterocycles. The molecule has 0 N–H and O–H groups in total. The van der Waals surface area contributed by atoms with Crippen LogP contribution < -0.4 is 0 Å². The summed E-state index contributed by atoms with van der Waals surface area (Å²) < 4.78 is 0. The SMILES string of the molecule is N#Cc1cccc(CC2CCN(C3C4CC5CC(C4)CC3C5)C2=O)c1. The minimum absolute atomic E-state index is 0.117. The number of rotatable bonds is 3. The standard InChI is InChI=1S/C22H26N2O/c23-13-15-3-1-2-14(6-15)8-18-4-5-24(22(18)25)21-19-9-16-7-17(11-19)12-20(21)10-16/h1-3,6,16-21H,4-5,7-12H2. The molecule has 3 heteroatoms. The average molecular weight is 334 g/mol. The predicted molar refractivity (Wildman–Crippen MR) is 95.5 cm³/mol. The van der Waals surface area contributed by atoms with E-state index in [4.69, 9.17) is 5.26 Å². The van der Waals surface area contributed by atoms with E-state index in [-0.39, 0.29) is 5.92 Å². The van der Waals surface area contributed by atoms with Crippen LogP contribution in [0.25, 0.3) is 0 Å². The Labute approximate surface area is 150 Å². The number of hydrogen-bond acceptors (Lipinski definition) is 2. The highest BCUT2D eigenvalue weighted by atomic mass is 16.2. The zero-order valence-corrected chi connectivity index (χ0v) is 14.7. The molecule has 5 aliphatic rings. The number of carbonyl (C=O) groups is 1. The molecule has 1 aromatic carbocycles. The van der Waals surface area contributed by atoms with Crippen LogP contribution in [0.2, 0.25) is 0 Å². The fraction of sp³-hybridized carbons (Fsp3) is 0.636. The number of nitrogens with zero attached hydrogens (tertiary/aromatic N) is 2. The molecule has 4 aliphatic carbocycles. The fourth-order valence-corrected chi connectivity index (χ4v) is 6.71. The van der Waals surface area contributed by atoms with Crippen molar-refractivity contribution in [2.24, 2.45) is 29.6 Å². The van der Waals surface area contributed by atoms with Gasteiger partial charge >= 0.3 is 0 Å². The van der Waals surface area contributed by atoms with Gasteiger partial charge < -0.3 is 4.90 Å². The number of hydrogen-bond donors (Lipinski definition) is 0. The summed E-state index contributed by atoms with van der Waals surface area (Å²) in [6.07, 6.45) is 8.72. The van der Waals surface area contributed by atoms with Crippen LogP contribution in [-0.4, -0.2) is 23.4 Å². The quantitative estimate of drug-likeness (QED) is 0.844. The first-order chi connectivity index (χ1) is 12.2. The molecule has 4 bridgehead atoms. The Morgan fingerprint density at radius 2 is 1.80 bits per heavy atom. The first kappa shape index (κ1) is 15.4. The van der Waals surface area contributed by atoms with Gasteiger partial charge in [0, 0.05) is 18.5 Å². The number of likely N-dealkylation sites (tertiary alicyclic amines) is 1. The van der Waals surface area contributed by atoms with Crippen molar-refractivity contribution in [3.63, 3.8) is 0 Å². The van der Waals surface area contributed by atoms with Crippen molar-refractivity contribution in [3.05, 3.63) is 35.4 Å². The summed E-state index contributed by atoms with van der Waals surface area (Å²) in [5, 5.41) is 9.08. The second-order valence-corrected chi connectivity index (χ2v) is 8.95. The van der Waals surface area contributed by atoms with Gasteiger partial charge in [0.05, 0.1) is 11.6 Å². The number of nitriles is 1. The largest absolute Gasteiger partial charge is 0.339 e. The lowest BCUT2D eigenvalue weighted by Crippen LogP contribution is -2.56. The Morgan fingerprint density at radius 3 is 2.48 bits per heavy atom. The maximum atomic E-state index is 13.1. The van der Waals surface area contributed by atoms with E-state index in [1.54, 1.807) is 0 Å². The van der Waals surface area contributed by atoms with Crippen LogP contribution in [0.15, 0.2) is 24.3 Å². The molecule has 0 aromatic heterocycles. The number of amides is 1. The molecule has 0 spiro atoms. The Bertz CT molecular complexity index is 706. The molecule has 1 unspecified atom stereocenters. The molecule has 0 radical (unpaired) electrons. The molecule has 6 rings (SSSR count). The molecule has 4 saturated carbocycles. The minimum Gasteiger partial charge on any atom is -0.339 e. The summed E-state index contributed by atoms with van der Waals surface area (Å²) in [6, 6.07) is 10.5. The topological polar surface area (TPSA) is 44.1 Å². The molecule has 1 heterocycles. The van der Waals surface area contributed by atoms with E-state index in [0.717, 1.165) is 48.6 Å². The van der Waals surface area contributed by atoms with Gasteiger partial charge in [-0.2, -0.15) is 5.26 Å². The van der Waals surface area contributed by atoms with Crippen LogP contribution in [0.1, 0.15) is 49.7 Å². The number of carbonyl (C=O) groups excluding carboxylic acids is 1. The Kier molecular flexibility index (Phi) is 3.62. The highest BCUT2D eigenvalue weighted by Crippen LogP contribution is 2.55. The zero-order valence-electron chi connectivity index (χ0n) is 14.7. The van der Waals surface area contributed by atoms with E-state index in [1.807, 2.05) is 18.2 Å². The molecular formula is C22H26N2O. The van der Waals surface area contributed by atoms with Crippen LogP contribution in [0.4, 0.5) is 0 Å². The van der Waals surface area contributed by atoms with Crippen LogP contribution in [0.3, 0.4) is 0 Å². The fourth-order valence-electron chi connectivity index (χ4n) is 6.71. The zero-order chi connectivity index (χ0) is 17.0. The second kappa shape index (κ2) is 5.87. The van der Waals surface area contributed by atoms with E-state index >= 15 is 0 Å². The van der Waals surface area contributed by atoms with E-state index in [2.05, 4.69) is 17.0 Å². The minimum atomic E-state index is 0.117. The number of benzene rings is 1. The van der Waals surface area contributed by atoms with Gasteiger partial charge in [0.1, 0.15) is 0 Å². The summed E-state index contributed by atoms with van der Waals surface area (Å²) in [5.41, 5.74) is 1.82. The van der Waals surface area contributed by atoms with Crippen molar-refractivity contribution >= 4 is 5.91 Å². The van der Waals surface area contributed by atoms with Crippen LogP contribution in [0.5, 0.6) is 0 Å². The van der Waals surface area contributed by atoms with E-state index in [9.17, 15) is 4.79 Å².